The highest BCUT2D eigenvalue weighted by atomic mass is 16.4. The maximum Gasteiger partial charge on any atom is 0.333 e. The molecule has 0 aromatic heterocycles. The van der Waals surface area contributed by atoms with E-state index >= 15 is 0 Å². The van der Waals surface area contributed by atoms with Crippen molar-refractivity contribution in [2.75, 3.05) is 0 Å². The molecule has 0 aromatic carbocycles. The van der Waals surface area contributed by atoms with E-state index < -0.39 is 17.5 Å². The summed E-state index contributed by atoms with van der Waals surface area (Å²) < 4.78 is 0. The summed E-state index contributed by atoms with van der Waals surface area (Å²) in [5.41, 5.74) is -0.520. The van der Waals surface area contributed by atoms with Crippen molar-refractivity contribution in [1.82, 2.24) is 0 Å². The molecule has 3 nitrogen and oxygen atoms in total. The van der Waals surface area contributed by atoms with Crippen molar-refractivity contribution in [2.24, 2.45) is 17.3 Å². The second kappa shape index (κ2) is 3.89. The Morgan fingerprint density at radius 1 is 1.50 bits per heavy atom. The minimum absolute atomic E-state index is 0.520. The molecule has 0 amide bonds. The molecule has 2 atom stereocenters. The zero-order valence-electron chi connectivity index (χ0n) is 9.16. The Kier molecular flexibility index (Phi) is 3.20. The lowest BCUT2D eigenvalue weighted by Crippen LogP contribution is -2.37. The molecule has 2 unspecified atom stereocenters. The summed E-state index contributed by atoms with van der Waals surface area (Å²) >= 11 is 0. The van der Waals surface area contributed by atoms with Gasteiger partial charge in [0.15, 0.2) is 6.10 Å². The SMILES string of the molecule is CC(CC(C)(C)C(O)C(=O)O)C1CC1. The maximum absolute atomic E-state index is 10.7. The Morgan fingerprint density at radius 2 is 2.00 bits per heavy atom. The molecule has 0 spiro atoms. The first-order valence-electron chi connectivity index (χ1n) is 5.25. The molecule has 82 valence electrons. The van der Waals surface area contributed by atoms with Crippen LogP contribution in [0.5, 0.6) is 0 Å². The molecular weight excluding hydrogens is 180 g/mol. The molecule has 0 heterocycles. The summed E-state index contributed by atoms with van der Waals surface area (Å²) in [5.74, 6) is 0.173. The normalized spacial score (nSPS) is 21.7. The zero-order chi connectivity index (χ0) is 10.9. The Balaban J connectivity index is 2.50. The van der Waals surface area contributed by atoms with Crippen molar-refractivity contribution in [3.05, 3.63) is 0 Å². The summed E-state index contributed by atoms with van der Waals surface area (Å²) in [7, 11) is 0. The third-order valence-corrected chi connectivity index (χ3v) is 3.25. The fourth-order valence-corrected chi connectivity index (χ4v) is 2.11. The van der Waals surface area contributed by atoms with Gasteiger partial charge in [0.1, 0.15) is 0 Å². The van der Waals surface area contributed by atoms with Gasteiger partial charge in [-0.25, -0.2) is 4.79 Å². The lowest BCUT2D eigenvalue weighted by molar-refractivity contribution is -0.153. The van der Waals surface area contributed by atoms with Crippen LogP contribution in [-0.2, 0) is 4.79 Å². The first-order chi connectivity index (χ1) is 6.34. The van der Waals surface area contributed by atoms with E-state index in [-0.39, 0.29) is 0 Å². The van der Waals surface area contributed by atoms with Gasteiger partial charge >= 0.3 is 5.97 Å². The van der Waals surface area contributed by atoms with E-state index in [4.69, 9.17) is 5.11 Å². The topological polar surface area (TPSA) is 57.5 Å². The number of carboxylic acids is 1. The predicted molar refractivity (Wildman–Crippen MR) is 53.9 cm³/mol. The fraction of sp³-hybridized carbons (Fsp3) is 0.909. The van der Waals surface area contributed by atoms with Gasteiger partial charge in [0.05, 0.1) is 0 Å². The molecule has 0 saturated heterocycles. The van der Waals surface area contributed by atoms with Gasteiger partial charge in [-0.2, -0.15) is 0 Å². The van der Waals surface area contributed by atoms with Crippen molar-refractivity contribution in [1.29, 1.82) is 0 Å². The largest absolute Gasteiger partial charge is 0.479 e. The highest BCUT2D eigenvalue weighted by Gasteiger charge is 2.38. The molecule has 0 radical (unpaired) electrons. The number of aliphatic hydroxyl groups excluding tert-OH is 1. The van der Waals surface area contributed by atoms with E-state index in [9.17, 15) is 9.90 Å². The molecule has 14 heavy (non-hydrogen) atoms. The van der Waals surface area contributed by atoms with Crippen LogP contribution in [0.4, 0.5) is 0 Å². The summed E-state index contributed by atoms with van der Waals surface area (Å²) in [6.07, 6.45) is 2.06. The van der Waals surface area contributed by atoms with Crippen LogP contribution in [-0.4, -0.2) is 22.3 Å². The van der Waals surface area contributed by atoms with Crippen LogP contribution in [0.1, 0.15) is 40.0 Å². The number of aliphatic carboxylic acids is 1. The van der Waals surface area contributed by atoms with Crippen LogP contribution in [0.25, 0.3) is 0 Å². The van der Waals surface area contributed by atoms with Gasteiger partial charge in [-0.1, -0.05) is 20.8 Å². The van der Waals surface area contributed by atoms with Gasteiger partial charge in [-0.15, -0.1) is 0 Å². The third-order valence-electron chi connectivity index (χ3n) is 3.25. The quantitative estimate of drug-likeness (QED) is 0.712. The molecule has 0 aliphatic heterocycles. The summed E-state index contributed by atoms with van der Waals surface area (Å²) in [6.45, 7) is 5.79. The average molecular weight is 200 g/mol. The fourth-order valence-electron chi connectivity index (χ4n) is 2.11. The van der Waals surface area contributed by atoms with E-state index in [0.717, 1.165) is 12.3 Å². The van der Waals surface area contributed by atoms with Crippen LogP contribution >= 0.6 is 0 Å². The minimum Gasteiger partial charge on any atom is -0.479 e. The summed E-state index contributed by atoms with van der Waals surface area (Å²) in [5, 5.41) is 18.2. The third kappa shape index (κ3) is 2.71. The van der Waals surface area contributed by atoms with Crippen LogP contribution in [0.15, 0.2) is 0 Å². The highest BCUT2D eigenvalue weighted by Crippen LogP contribution is 2.42. The van der Waals surface area contributed by atoms with Crippen molar-refractivity contribution in [3.63, 3.8) is 0 Å². The van der Waals surface area contributed by atoms with E-state index in [1.807, 2.05) is 13.8 Å². The van der Waals surface area contributed by atoms with Crippen LogP contribution in [0.2, 0.25) is 0 Å². The molecule has 1 aliphatic carbocycles. The summed E-state index contributed by atoms with van der Waals surface area (Å²) in [4.78, 5) is 10.7. The van der Waals surface area contributed by atoms with E-state index in [1.165, 1.54) is 12.8 Å². The van der Waals surface area contributed by atoms with Crippen LogP contribution in [0, 0.1) is 17.3 Å². The van der Waals surface area contributed by atoms with Gasteiger partial charge < -0.3 is 10.2 Å². The number of carbonyl (C=O) groups is 1. The van der Waals surface area contributed by atoms with Gasteiger partial charge in [-0.3, -0.25) is 0 Å². The lowest BCUT2D eigenvalue weighted by Gasteiger charge is -2.30. The second-order valence-electron chi connectivity index (χ2n) is 5.25. The maximum atomic E-state index is 10.7. The summed E-state index contributed by atoms with van der Waals surface area (Å²) in [6, 6.07) is 0. The van der Waals surface area contributed by atoms with Gasteiger partial charge in [0.2, 0.25) is 0 Å². The smallest absolute Gasteiger partial charge is 0.333 e. The minimum atomic E-state index is -1.25. The Morgan fingerprint density at radius 3 is 2.36 bits per heavy atom. The molecule has 2 N–H and O–H groups in total. The number of carboxylic acid groups (broad SMARTS) is 1. The molecule has 1 fully saturated rings. The number of aliphatic hydroxyl groups is 1. The molecule has 0 aromatic rings. The molecule has 1 saturated carbocycles. The van der Waals surface area contributed by atoms with Crippen LogP contribution < -0.4 is 0 Å². The van der Waals surface area contributed by atoms with Gasteiger partial charge in [0, 0.05) is 5.41 Å². The van der Waals surface area contributed by atoms with Gasteiger partial charge in [0.25, 0.3) is 0 Å². The predicted octanol–water partition coefficient (Wildman–Crippen LogP) is 1.89. The van der Waals surface area contributed by atoms with Crippen LogP contribution in [0.3, 0.4) is 0 Å². The van der Waals surface area contributed by atoms with Crippen molar-refractivity contribution < 1.29 is 15.0 Å². The molecule has 0 bridgehead atoms. The van der Waals surface area contributed by atoms with Crippen molar-refractivity contribution in [3.8, 4) is 0 Å². The first-order valence-corrected chi connectivity index (χ1v) is 5.25. The highest BCUT2D eigenvalue weighted by molar-refractivity contribution is 5.72. The molecule has 1 aliphatic rings. The molecular formula is C11H20O3. The second-order valence-corrected chi connectivity index (χ2v) is 5.25. The van der Waals surface area contributed by atoms with Crippen molar-refractivity contribution in [2.45, 2.75) is 46.1 Å². The molecule has 1 rings (SSSR count). The standard InChI is InChI=1S/C11H20O3/c1-7(8-4-5-8)6-11(2,3)9(12)10(13)14/h7-9,12H,4-6H2,1-3H3,(H,13,14). The molecule has 3 heteroatoms. The average Bonchev–Trinajstić information content (AvgIpc) is 2.83. The first kappa shape index (κ1) is 11.5. The van der Waals surface area contributed by atoms with Gasteiger partial charge in [-0.05, 0) is 31.1 Å². The lowest BCUT2D eigenvalue weighted by atomic mass is 9.77. The number of hydrogen-bond acceptors (Lipinski definition) is 2. The monoisotopic (exact) mass is 200 g/mol. The Labute approximate surface area is 85.1 Å². The Bertz CT molecular complexity index is 219. The van der Waals surface area contributed by atoms with E-state index in [0.29, 0.717) is 5.92 Å². The zero-order valence-corrected chi connectivity index (χ0v) is 9.16. The van der Waals surface area contributed by atoms with E-state index in [2.05, 4.69) is 6.92 Å². The Hall–Kier alpha value is -0.570. The number of rotatable bonds is 5. The van der Waals surface area contributed by atoms with E-state index in [1.54, 1.807) is 0 Å². The number of hydrogen-bond donors (Lipinski definition) is 2. The van der Waals surface area contributed by atoms with Crippen molar-refractivity contribution >= 4 is 5.97 Å².